The van der Waals surface area contributed by atoms with E-state index in [0.29, 0.717) is 35.8 Å². The number of Topliss-reactive ketones (excluding diaryl/α,β-unsaturated/α-hetero) is 1. The van der Waals surface area contributed by atoms with E-state index in [1.54, 1.807) is 19.2 Å². The minimum absolute atomic E-state index is 0.0143. The summed E-state index contributed by atoms with van der Waals surface area (Å²) in [5, 5.41) is 14.4. The Labute approximate surface area is 171 Å². The van der Waals surface area contributed by atoms with Gasteiger partial charge < -0.3 is 15.4 Å². The molecular weight excluding hydrogens is 387 g/mol. The highest BCUT2D eigenvalue weighted by Crippen LogP contribution is 2.43. The lowest BCUT2D eigenvalue weighted by atomic mass is 9.78. The molecule has 2 atom stereocenters. The molecule has 0 fully saturated rings. The number of fused-ring (bicyclic) bond motifs is 1. The van der Waals surface area contributed by atoms with E-state index in [0.717, 1.165) is 16.8 Å². The summed E-state index contributed by atoms with van der Waals surface area (Å²) in [5.41, 5.74) is 3.19. The molecule has 1 aliphatic carbocycles. The van der Waals surface area contributed by atoms with Gasteiger partial charge in [-0.3, -0.25) is 4.79 Å². The molecule has 0 saturated carbocycles. The van der Waals surface area contributed by atoms with Crippen LogP contribution in [-0.4, -0.2) is 23.2 Å². The van der Waals surface area contributed by atoms with Crippen LogP contribution in [0.1, 0.15) is 35.9 Å². The fourth-order valence-corrected chi connectivity index (χ4v) is 4.14. The van der Waals surface area contributed by atoms with Gasteiger partial charge in [-0.2, -0.15) is 0 Å². The topological polar surface area (TPSA) is 89.3 Å². The molecule has 30 heavy (non-hydrogen) atoms. The Bertz CT molecular complexity index is 1140. The summed E-state index contributed by atoms with van der Waals surface area (Å²) in [7, 11) is 1.60. The van der Waals surface area contributed by atoms with Crippen molar-refractivity contribution >= 4 is 17.4 Å². The maximum atomic E-state index is 13.4. The summed E-state index contributed by atoms with van der Waals surface area (Å²) in [5.74, 6) is 1.22. The molecule has 0 bridgehead atoms. The third-order valence-corrected chi connectivity index (χ3v) is 5.60. The van der Waals surface area contributed by atoms with Crippen molar-refractivity contribution in [3.8, 4) is 5.75 Å². The number of ether oxygens (including phenoxy) is 1. The number of hydrogen-bond donors (Lipinski definition) is 2. The van der Waals surface area contributed by atoms with Gasteiger partial charge in [0.1, 0.15) is 11.6 Å². The van der Waals surface area contributed by atoms with E-state index < -0.39 is 6.04 Å². The zero-order chi connectivity index (χ0) is 20.7. The molecule has 2 N–H and O–H groups in total. The second-order valence-electron chi connectivity index (χ2n) is 7.41. The quantitative estimate of drug-likeness (QED) is 0.674. The van der Waals surface area contributed by atoms with Crippen LogP contribution in [0, 0.1) is 5.82 Å². The van der Waals surface area contributed by atoms with Crippen molar-refractivity contribution in [1.82, 2.24) is 10.3 Å². The van der Waals surface area contributed by atoms with Crippen LogP contribution in [0.4, 0.5) is 16.0 Å². The molecule has 1 aliphatic heterocycles. The first-order valence-corrected chi connectivity index (χ1v) is 9.64. The largest absolute Gasteiger partial charge is 0.497 e. The summed E-state index contributed by atoms with van der Waals surface area (Å²) in [6, 6.07) is 13.4. The Balaban J connectivity index is 1.59. The van der Waals surface area contributed by atoms with Crippen molar-refractivity contribution < 1.29 is 18.6 Å². The van der Waals surface area contributed by atoms with E-state index >= 15 is 0 Å². The fraction of sp³-hybridized carbons (Fsp3) is 0.227. The first-order chi connectivity index (χ1) is 14.6. The molecule has 0 unspecified atom stereocenters. The van der Waals surface area contributed by atoms with Crippen LogP contribution < -0.4 is 15.4 Å². The molecule has 5 rings (SSSR count). The first kappa shape index (κ1) is 18.4. The van der Waals surface area contributed by atoms with Crippen LogP contribution in [0.15, 0.2) is 64.4 Å². The van der Waals surface area contributed by atoms with Crippen molar-refractivity contribution in [2.75, 3.05) is 17.7 Å². The van der Waals surface area contributed by atoms with E-state index in [4.69, 9.17) is 9.37 Å². The number of allylic oxidation sites excluding steroid dienone is 1. The number of methoxy groups -OCH3 is 1. The number of nitrogens with zero attached hydrogens (tertiary/aromatic N) is 2. The second kappa shape index (κ2) is 7.29. The SMILES string of the molecule is COc1cccc([C@H]2Nc3nonc3NC3=C2C(=O)C[C@@H](c2ccc(F)cc2)C3)c1. The third kappa shape index (κ3) is 3.20. The van der Waals surface area contributed by atoms with Crippen molar-refractivity contribution in [3.63, 3.8) is 0 Å². The van der Waals surface area contributed by atoms with Gasteiger partial charge in [-0.15, -0.1) is 0 Å². The normalized spacial score (nSPS) is 20.5. The predicted octanol–water partition coefficient (Wildman–Crippen LogP) is 4.20. The van der Waals surface area contributed by atoms with Gasteiger partial charge in [0.15, 0.2) is 5.78 Å². The molecule has 0 radical (unpaired) electrons. The zero-order valence-electron chi connectivity index (χ0n) is 16.2. The van der Waals surface area contributed by atoms with Crippen LogP contribution in [0.3, 0.4) is 0 Å². The molecule has 152 valence electrons. The van der Waals surface area contributed by atoms with Crippen molar-refractivity contribution in [2.45, 2.75) is 24.8 Å². The molecule has 8 heteroatoms. The number of ketones is 1. The summed E-state index contributed by atoms with van der Waals surface area (Å²) in [6.45, 7) is 0. The van der Waals surface area contributed by atoms with Gasteiger partial charge in [0, 0.05) is 17.7 Å². The molecule has 0 saturated heterocycles. The number of carbonyl (C=O) groups is 1. The van der Waals surface area contributed by atoms with E-state index in [2.05, 4.69) is 20.9 Å². The summed E-state index contributed by atoms with van der Waals surface area (Å²) >= 11 is 0. The molecule has 2 aromatic carbocycles. The molecule has 3 aromatic rings. The summed E-state index contributed by atoms with van der Waals surface area (Å²) < 4.78 is 23.6. The number of nitrogens with one attached hydrogen (secondary N) is 2. The Morgan fingerprint density at radius 3 is 2.67 bits per heavy atom. The van der Waals surface area contributed by atoms with Gasteiger partial charge >= 0.3 is 0 Å². The highest BCUT2D eigenvalue weighted by Gasteiger charge is 2.37. The Morgan fingerprint density at radius 1 is 1.07 bits per heavy atom. The number of carbonyl (C=O) groups excluding carboxylic acids is 1. The number of hydrogen-bond acceptors (Lipinski definition) is 7. The van der Waals surface area contributed by atoms with E-state index in [1.165, 1.54) is 12.1 Å². The van der Waals surface area contributed by atoms with E-state index in [1.807, 2.05) is 24.3 Å². The Kier molecular flexibility index (Phi) is 4.46. The first-order valence-electron chi connectivity index (χ1n) is 9.64. The van der Waals surface area contributed by atoms with Crippen molar-refractivity contribution in [3.05, 3.63) is 76.7 Å². The lowest BCUT2D eigenvalue weighted by Crippen LogP contribution is -2.27. The molecule has 7 nitrogen and oxygen atoms in total. The highest BCUT2D eigenvalue weighted by molar-refractivity contribution is 6.00. The highest BCUT2D eigenvalue weighted by atomic mass is 19.1. The standard InChI is InChI=1S/C22H19FN4O3/c1-29-16-4-2-3-13(9-16)20-19-17(24-21-22(25-20)27-30-26-21)10-14(11-18(19)28)12-5-7-15(23)8-6-12/h2-9,14,20H,10-11H2,1H3,(H,24,26)(H,25,27)/t14-,20+/m0/s1. The second-order valence-corrected chi connectivity index (χ2v) is 7.41. The van der Waals surface area contributed by atoms with Crippen LogP contribution in [-0.2, 0) is 4.79 Å². The maximum absolute atomic E-state index is 13.4. The monoisotopic (exact) mass is 406 g/mol. The third-order valence-electron chi connectivity index (χ3n) is 5.60. The summed E-state index contributed by atoms with van der Waals surface area (Å²) in [4.78, 5) is 13.3. The number of halogens is 1. The van der Waals surface area contributed by atoms with Crippen LogP contribution >= 0.6 is 0 Å². The number of anilines is 2. The van der Waals surface area contributed by atoms with Crippen molar-refractivity contribution in [1.29, 1.82) is 0 Å². The number of rotatable bonds is 3. The average molecular weight is 406 g/mol. The molecular formula is C22H19FN4O3. The van der Waals surface area contributed by atoms with Crippen LogP contribution in [0.5, 0.6) is 5.75 Å². The van der Waals surface area contributed by atoms with Gasteiger partial charge in [0.25, 0.3) is 0 Å². The number of benzene rings is 2. The van der Waals surface area contributed by atoms with Gasteiger partial charge in [-0.25, -0.2) is 9.02 Å². The van der Waals surface area contributed by atoms with E-state index in [-0.39, 0.29) is 17.5 Å². The van der Waals surface area contributed by atoms with Gasteiger partial charge in [-0.1, -0.05) is 24.3 Å². The lowest BCUT2D eigenvalue weighted by Gasteiger charge is -2.29. The van der Waals surface area contributed by atoms with Crippen LogP contribution in [0.25, 0.3) is 0 Å². The number of aromatic nitrogens is 2. The van der Waals surface area contributed by atoms with Crippen LogP contribution in [0.2, 0.25) is 0 Å². The van der Waals surface area contributed by atoms with Crippen molar-refractivity contribution in [2.24, 2.45) is 0 Å². The minimum atomic E-state index is -0.433. The average Bonchev–Trinajstić information content (AvgIpc) is 3.13. The molecule has 2 heterocycles. The minimum Gasteiger partial charge on any atom is -0.497 e. The van der Waals surface area contributed by atoms with Gasteiger partial charge in [-0.05, 0) is 58.0 Å². The fourth-order valence-electron chi connectivity index (χ4n) is 4.14. The molecule has 0 amide bonds. The lowest BCUT2D eigenvalue weighted by molar-refractivity contribution is -0.116. The predicted molar refractivity (Wildman–Crippen MR) is 108 cm³/mol. The molecule has 2 aliphatic rings. The summed E-state index contributed by atoms with van der Waals surface area (Å²) in [6.07, 6.45) is 0.922. The van der Waals surface area contributed by atoms with Gasteiger partial charge in [0.2, 0.25) is 11.6 Å². The molecule has 1 aromatic heterocycles. The molecule has 0 spiro atoms. The smallest absolute Gasteiger partial charge is 0.219 e. The Morgan fingerprint density at radius 2 is 1.87 bits per heavy atom. The maximum Gasteiger partial charge on any atom is 0.219 e. The van der Waals surface area contributed by atoms with E-state index in [9.17, 15) is 9.18 Å². The Hall–Kier alpha value is -3.68. The van der Waals surface area contributed by atoms with Gasteiger partial charge in [0.05, 0.1) is 13.2 Å². The zero-order valence-corrected chi connectivity index (χ0v) is 16.2.